The Hall–Kier alpha value is -7.04. The van der Waals surface area contributed by atoms with Gasteiger partial charge in [-0.3, -0.25) is 0 Å². The summed E-state index contributed by atoms with van der Waals surface area (Å²) in [6.07, 6.45) is -7.17. The fraction of sp³-hybridized carbons (Fsp3) is 0.288. The Balaban J connectivity index is 1.16. The van der Waals surface area contributed by atoms with Crippen molar-refractivity contribution in [3.05, 3.63) is 217 Å². The van der Waals surface area contributed by atoms with Gasteiger partial charge in [-0.1, -0.05) is 160 Å². The zero-order valence-corrected chi connectivity index (χ0v) is 42.1. The second-order valence-electron chi connectivity index (χ2n) is 18.6. The first-order valence-electron chi connectivity index (χ1n) is 24.4. The summed E-state index contributed by atoms with van der Waals surface area (Å²) in [4.78, 5) is 56.0. The van der Waals surface area contributed by atoms with Gasteiger partial charge in [0, 0.05) is 0 Å². The van der Waals surface area contributed by atoms with Crippen molar-refractivity contribution in [2.75, 3.05) is 19.8 Å². The van der Waals surface area contributed by atoms with Gasteiger partial charge in [0.05, 0.1) is 42.1 Å². The molecule has 0 amide bonds. The Morgan fingerprint density at radius 3 is 1.16 bits per heavy atom. The number of carbonyl (C=O) groups is 4. The minimum absolute atomic E-state index is 0.130. The van der Waals surface area contributed by atoms with Crippen LogP contribution in [0.4, 0.5) is 0 Å². The van der Waals surface area contributed by atoms with Crippen molar-refractivity contribution in [1.29, 1.82) is 0 Å². The summed E-state index contributed by atoms with van der Waals surface area (Å²) in [6, 6.07) is 53.7. The molecule has 378 valence electrons. The zero-order chi connectivity index (χ0) is 51.2. The van der Waals surface area contributed by atoms with Gasteiger partial charge in [0.25, 0.3) is 8.32 Å². The Kier molecular flexibility index (Phi) is 17.6. The maximum Gasteiger partial charge on any atom is 0.338 e. The molecule has 0 unspecified atom stereocenters. The number of carbonyl (C=O) groups excluding carboxylic acids is 4. The molecule has 14 heteroatoms. The molecule has 0 radical (unpaired) electrons. The first-order valence-corrected chi connectivity index (χ1v) is 26.3. The van der Waals surface area contributed by atoms with Crippen molar-refractivity contribution >= 4 is 42.6 Å². The molecule has 0 N–H and O–H groups in total. The van der Waals surface area contributed by atoms with E-state index >= 15 is 0 Å². The van der Waals surface area contributed by atoms with Crippen LogP contribution in [0.5, 0.6) is 0 Å². The molecule has 2 fully saturated rings. The van der Waals surface area contributed by atoms with Crippen LogP contribution in [0.1, 0.15) is 75.0 Å². The number of hydrogen-bond acceptors (Lipinski definition) is 13. The number of esters is 4. The molecule has 0 saturated carbocycles. The van der Waals surface area contributed by atoms with Crippen LogP contribution in [0.3, 0.4) is 0 Å². The number of allylic oxidation sites excluding steroid dienone is 1. The molecule has 6 aromatic rings. The molecule has 2 aliphatic heterocycles. The maximum atomic E-state index is 14.2. The highest BCUT2D eigenvalue weighted by Gasteiger charge is 2.56. The summed E-state index contributed by atoms with van der Waals surface area (Å²) in [5.41, 5.74) is 0.979. The van der Waals surface area contributed by atoms with Crippen LogP contribution >= 0.6 is 0 Å². The Bertz CT molecular complexity index is 2680. The van der Waals surface area contributed by atoms with Gasteiger partial charge in [0.1, 0.15) is 12.2 Å². The van der Waals surface area contributed by atoms with E-state index in [9.17, 15) is 19.2 Å². The molecule has 8 atom stereocenters. The molecule has 2 aliphatic rings. The van der Waals surface area contributed by atoms with E-state index in [1.54, 1.807) is 127 Å². The van der Waals surface area contributed by atoms with Crippen molar-refractivity contribution in [3.63, 3.8) is 0 Å². The van der Waals surface area contributed by atoms with Gasteiger partial charge >= 0.3 is 23.9 Å². The summed E-state index contributed by atoms with van der Waals surface area (Å²) in [6.45, 7) is 9.90. The Morgan fingerprint density at radius 2 is 0.808 bits per heavy atom. The first-order chi connectivity index (χ1) is 35.5. The van der Waals surface area contributed by atoms with Crippen LogP contribution in [-0.2, 0) is 42.3 Å². The quantitative estimate of drug-likeness (QED) is 0.0222. The molecule has 2 heterocycles. The van der Waals surface area contributed by atoms with Gasteiger partial charge < -0.3 is 42.3 Å². The van der Waals surface area contributed by atoms with E-state index in [1.165, 1.54) is 0 Å². The molecule has 0 spiro atoms. The number of ether oxygens (including phenoxy) is 8. The van der Waals surface area contributed by atoms with E-state index in [0.717, 1.165) is 10.4 Å². The molecule has 0 aliphatic carbocycles. The van der Waals surface area contributed by atoms with Gasteiger partial charge in [-0.05, 0) is 76.8 Å². The van der Waals surface area contributed by atoms with E-state index in [-0.39, 0.29) is 42.1 Å². The zero-order valence-electron chi connectivity index (χ0n) is 41.1. The molecule has 73 heavy (non-hydrogen) atoms. The fourth-order valence-electron chi connectivity index (χ4n) is 9.10. The van der Waals surface area contributed by atoms with Crippen molar-refractivity contribution in [2.45, 2.75) is 87.9 Å². The van der Waals surface area contributed by atoms with Gasteiger partial charge in [-0.25, -0.2) is 19.2 Å². The third-order valence-electron chi connectivity index (χ3n) is 12.7. The van der Waals surface area contributed by atoms with Gasteiger partial charge in [0.2, 0.25) is 0 Å². The molecule has 8 rings (SSSR count). The molecule has 13 nitrogen and oxygen atoms in total. The van der Waals surface area contributed by atoms with Crippen molar-refractivity contribution in [2.24, 2.45) is 0 Å². The normalized spacial score (nSPS) is 21.7. The fourth-order valence-corrected chi connectivity index (χ4v) is 13.7. The second kappa shape index (κ2) is 24.6. The lowest BCUT2D eigenvalue weighted by molar-refractivity contribution is -0.206. The highest BCUT2D eigenvalue weighted by molar-refractivity contribution is 6.99. The first kappa shape index (κ1) is 52.3. The van der Waals surface area contributed by atoms with Crippen LogP contribution in [0.15, 0.2) is 195 Å². The molecular weight excluding hydrogens is 945 g/mol. The van der Waals surface area contributed by atoms with Crippen LogP contribution in [0.2, 0.25) is 5.04 Å². The standard InChI is InChI=1S/C59H60O13Si/c1-5-6-25-38-64-57-51(71-55(62)43-30-17-9-18-31-43)49(69-53(60)41-26-13-7-14-27-41)47(67-57)39-65-58-52(72-56(63)44-32-19-10-20-33-44)50(70-54(61)42-28-15-8-16-29-42)48(68-58)40-66-73(59(2,3)4,45-34-21-11-22-35-45)46-36-23-12-24-37-46/h5,7-24,26-37,47-52,57-58H,1,6,25,38-40H2,2-4H3/t47-,48-,49-,50-,51+,52+,57+,58+/m1/s1. The lowest BCUT2D eigenvalue weighted by Gasteiger charge is -2.43. The van der Waals surface area contributed by atoms with E-state index in [0.29, 0.717) is 12.8 Å². The Labute approximate surface area is 427 Å². The van der Waals surface area contributed by atoms with E-state index in [4.69, 9.17) is 42.3 Å². The molecule has 6 aromatic carbocycles. The summed E-state index contributed by atoms with van der Waals surface area (Å²) in [5, 5.41) is 1.56. The monoisotopic (exact) mass is 1000 g/mol. The third-order valence-corrected chi connectivity index (χ3v) is 17.7. The predicted molar refractivity (Wildman–Crippen MR) is 275 cm³/mol. The Morgan fingerprint density at radius 1 is 0.479 bits per heavy atom. The van der Waals surface area contributed by atoms with Crippen LogP contribution in [-0.4, -0.2) is 101 Å². The van der Waals surface area contributed by atoms with Gasteiger partial charge in [-0.2, -0.15) is 0 Å². The van der Waals surface area contributed by atoms with Crippen LogP contribution in [0, 0.1) is 0 Å². The van der Waals surface area contributed by atoms with E-state index in [1.807, 2.05) is 36.4 Å². The average molecular weight is 1010 g/mol. The summed E-state index contributed by atoms with van der Waals surface area (Å²) in [5.74, 6) is -2.84. The lowest BCUT2D eigenvalue weighted by atomic mass is 10.1. The summed E-state index contributed by atoms with van der Waals surface area (Å²) in [7, 11) is -3.24. The highest BCUT2D eigenvalue weighted by Crippen LogP contribution is 2.39. The van der Waals surface area contributed by atoms with E-state index < -0.39 is 86.4 Å². The van der Waals surface area contributed by atoms with Gasteiger partial charge in [0.15, 0.2) is 37.0 Å². The molecule has 0 bridgehead atoms. The maximum absolute atomic E-state index is 14.2. The van der Waals surface area contributed by atoms with Crippen molar-refractivity contribution < 1.29 is 61.5 Å². The average Bonchev–Trinajstić information content (AvgIpc) is 3.92. The smallest absolute Gasteiger partial charge is 0.338 e. The molecule has 0 aromatic heterocycles. The van der Waals surface area contributed by atoms with E-state index in [2.05, 4.69) is 51.6 Å². The predicted octanol–water partition coefficient (Wildman–Crippen LogP) is 8.91. The SMILES string of the molecule is C=CCCCO[C@H]1O[C@H](CO[C@H]2O[C@H](CO[Si](c3ccccc3)(c3ccccc3)C(C)(C)C)[C@@H](OC(=O)c3ccccc3)[C@@H]2OC(=O)c2ccccc2)[C@@H](OC(=O)c2ccccc2)[C@@H]1OC(=O)c1ccccc1. The van der Waals surface area contributed by atoms with Crippen molar-refractivity contribution in [1.82, 2.24) is 0 Å². The number of hydrogen-bond donors (Lipinski definition) is 0. The number of benzene rings is 6. The van der Waals surface area contributed by atoms with Crippen LogP contribution < -0.4 is 10.4 Å². The minimum Gasteiger partial charge on any atom is -0.452 e. The van der Waals surface area contributed by atoms with Crippen LogP contribution in [0.25, 0.3) is 0 Å². The second-order valence-corrected chi connectivity index (χ2v) is 22.9. The topological polar surface area (TPSA) is 151 Å². The highest BCUT2D eigenvalue weighted by atomic mass is 28.4. The van der Waals surface area contributed by atoms with Gasteiger partial charge in [-0.15, -0.1) is 6.58 Å². The molecule has 2 saturated heterocycles. The largest absolute Gasteiger partial charge is 0.452 e. The third kappa shape index (κ3) is 12.6. The molecular formula is C59H60O13Si. The lowest BCUT2D eigenvalue weighted by Crippen LogP contribution is -2.67. The minimum atomic E-state index is -3.24. The summed E-state index contributed by atoms with van der Waals surface area (Å²) < 4.78 is 58.5. The number of rotatable bonds is 21. The van der Waals surface area contributed by atoms with Crippen molar-refractivity contribution in [3.8, 4) is 0 Å². The number of unbranched alkanes of at least 4 members (excludes halogenated alkanes) is 1. The summed E-state index contributed by atoms with van der Waals surface area (Å²) >= 11 is 0.